The lowest BCUT2D eigenvalue weighted by Gasteiger charge is -2.31. The van der Waals surface area contributed by atoms with Crippen molar-refractivity contribution < 1.29 is 4.48 Å². The summed E-state index contributed by atoms with van der Waals surface area (Å²) in [4.78, 5) is 2.20. The molecular formula is C10H13FN2. The van der Waals surface area contributed by atoms with Crippen LogP contribution in [0.4, 0.5) is 10.2 Å². The zero-order valence-electron chi connectivity index (χ0n) is 7.49. The number of para-hydroxylation sites is 1. The molecule has 0 atom stereocenters. The number of nitrogens with zero attached hydrogens (tertiary/aromatic N) is 2. The van der Waals surface area contributed by atoms with E-state index in [4.69, 9.17) is 0 Å². The molecule has 70 valence electrons. The smallest absolute Gasteiger partial charge is 0.0467 e. The lowest BCUT2D eigenvalue weighted by Crippen LogP contribution is -2.42. The first-order valence-electron chi connectivity index (χ1n) is 4.57. The number of hydrogen-bond donors (Lipinski definition) is 0. The summed E-state index contributed by atoms with van der Waals surface area (Å²) in [5.41, 5.74) is 1.19. The molecule has 0 amide bonds. The van der Waals surface area contributed by atoms with Gasteiger partial charge in [0.1, 0.15) is 0 Å². The van der Waals surface area contributed by atoms with Gasteiger partial charge in [0.2, 0.25) is 0 Å². The fourth-order valence-electron chi connectivity index (χ4n) is 1.58. The molecule has 0 aromatic heterocycles. The number of rotatable bonds is 1. The van der Waals surface area contributed by atoms with Crippen molar-refractivity contribution in [2.75, 3.05) is 31.1 Å². The fourth-order valence-corrected chi connectivity index (χ4v) is 1.58. The molecule has 0 unspecified atom stereocenters. The third kappa shape index (κ3) is 1.98. The molecule has 1 fully saturated rings. The van der Waals surface area contributed by atoms with Crippen LogP contribution in [-0.2, 0) is 0 Å². The molecule has 0 radical (unpaired) electrons. The van der Waals surface area contributed by atoms with Gasteiger partial charge in [-0.1, -0.05) is 18.2 Å². The summed E-state index contributed by atoms with van der Waals surface area (Å²) < 4.78 is 12.7. The number of halogens is 1. The molecule has 0 aliphatic carbocycles. The van der Waals surface area contributed by atoms with Gasteiger partial charge in [-0.3, -0.25) is 0 Å². The first kappa shape index (κ1) is 8.51. The van der Waals surface area contributed by atoms with E-state index in [1.165, 1.54) is 5.69 Å². The molecular weight excluding hydrogens is 167 g/mol. The Bertz CT molecular complexity index is 255. The van der Waals surface area contributed by atoms with Gasteiger partial charge in [0.15, 0.2) is 0 Å². The minimum atomic E-state index is 0.509. The van der Waals surface area contributed by atoms with Crippen LogP contribution < -0.4 is 4.90 Å². The highest BCUT2D eigenvalue weighted by Gasteiger charge is 2.15. The molecule has 1 aromatic rings. The maximum Gasteiger partial charge on any atom is 0.0467 e. The average Bonchev–Trinajstić information content (AvgIpc) is 2.20. The van der Waals surface area contributed by atoms with E-state index in [9.17, 15) is 4.48 Å². The van der Waals surface area contributed by atoms with Gasteiger partial charge < -0.3 is 4.90 Å². The molecule has 13 heavy (non-hydrogen) atoms. The van der Waals surface area contributed by atoms with Crippen LogP contribution in [-0.4, -0.2) is 31.3 Å². The van der Waals surface area contributed by atoms with Crippen molar-refractivity contribution >= 4 is 5.69 Å². The lowest BCUT2D eigenvalue weighted by molar-refractivity contribution is 0.0200. The van der Waals surface area contributed by atoms with Crippen molar-refractivity contribution in [3.05, 3.63) is 30.3 Å². The van der Waals surface area contributed by atoms with Crippen LogP contribution in [0.3, 0.4) is 0 Å². The van der Waals surface area contributed by atoms with Gasteiger partial charge in [0, 0.05) is 31.9 Å². The Kier molecular flexibility index (Phi) is 2.45. The highest BCUT2D eigenvalue weighted by Crippen LogP contribution is 2.15. The van der Waals surface area contributed by atoms with Gasteiger partial charge in [0.25, 0.3) is 0 Å². The second-order valence-corrected chi connectivity index (χ2v) is 3.23. The van der Waals surface area contributed by atoms with E-state index in [1.807, 2.05) is 18.2 Å². The van der Waals surface area contributed by atoms with Gasteiger partial charge in [-0.05, 0) is 12.1 Å². The largest absolute Gasteiger partial charge is 0.369 e. The van der Waals surface area contributed by atoms with Crippen molar-refractivity contribution in [1.29, 1.82) is 0 Å². The van der Waals surface area contributed by atoms with Crippen molar-refractivity contribution in [2.24, 2.45) is 0 Å². The molecule has 0 spiro atoms. The highest BCUT2D eigenvalue weighted by atomic mass is 19.2. The van der Waals surface area contributed by atoms with Crippen LogP contribution in [0.2, 0.25) is 0 Å². The van der Waals surface area contributed by atoms with Crippen LogP contribution in [0.1, 0.15) is 0 Å². The topological polar surface area (TPSA) is 6.48 Å². The molecule has 3 heteroatoms. The molecule has 1 aromatic carbocycles. The molecule has 0 saturated carbocycles. The zero-order valence-corrected chi connectivity index (χ0v) is 7.49. The maximum absolute atomic E-state index is 12.7. The second-order valence-electron chi connectivity index (χ2n) is 3.23. The van der Waals surface area contributed by atoms with Gasteiger partial charge in [-0.15, -0.1) is 9.60 Å². The summed E-state index contributed by atoms with van der Waals surface area (Å²) in [5, 5.41) is 0.874. The zero-order chi connectivity index (χ0) is 9.10. The maximum atomic E-state index is 12.7. The summed E-state index contributed by atoms with van der Waals surface area (Å²) in [5.74, 6) is 0. The summed E-state index contributed by atoms with van der Waals surface area (Å²) in [6.07, 6.45) is 0. The monoisotopic (exact) mass is 180 g/mol. The van der Waals surface area contributed by atoms with E-state index in [0.29, 0.717) is 13.1 Å². The van der Waals surface area contributed by atoms with Gasteiger partial charge in [0.05, 0.1) is 0 Å². The Morgan fingerprint density at radius 1 is 0.923 bits per heavy atom. The van der Waals surface area contributed by atoms with Crippen LogP contribution in [0, 0.1) is 0 Å². The molecule has 0 bridgehead atoms. The minimum absolute atomic E-state index is 0.509. The molecule has 1 saturated heterocycles. The number of hydrogen-bond acceptors (Lipinski definition) is 2. The van der Waals surface area contributed by atoms with E-state index < -0.39 is 0 Å². The van der Waals surface area contributed by atoms with Gasteiger partial charge in [-0.25, -0.2) is 0 Å². The molecule has 1 heterocycles. The normalized spacial score (nSPS) is 19.0. The average molecular weight is 180 g/mol. The van der Waals surface area contributed by atoms with E-state index >= 15 is 0 Å². The summed E-state index contributed by atoms with van der Waals surface area (Å²) >= 11 is 0. The third-order valence-electron chi connectivity index (χ3n) is 2.35. The van der Waals surface area contributed by atoms with Crippen LogP contribution in [0.5, 0.6) is 0 Å². The first-order valence-corrected chi connectivity index (χ1v) is 4.57. The highest BCUT2D eigenvalue weighted by molar-refractivity contribution is 5.46. The van der Waals surface area contributed by atoms with E-state index in [-0.39, 0.29) is 0 Å². The summed E-state index contributed by atoms with van der Waals surface area (Å²) in [7, 11) is 0. The SMILES string of the molecule is FN1CCN(c2ccccc2)CC1. The predicted molar refractivity (Wildman–Crippen MR) is 51.3 cm³/mol. The summed E-state index contributed by atoms with van der Waals surface area (Å²) in [6.45, 7) is 2.57. The van der Waals surface area contributed by atoms with Gasteiger partial charge >= 0.3 is 0 Å². The van der Waals surface area contributed by atoms with Crippen molar-refractivity contribution in [1.82, 2.24) is 5.12 Å². The van der Waals surface area contributed by atoms with Crippen LogP contribution in [0.15, 0.2) is 30.3 Å². The van der Waals surface area contributed by atoms with E-state index in [1.54, 1.807) is 0 Å². The Labute approximate surface area is 77.5 Å². The molecule has 1 aliphatic rings. The Morgan fingerprint density at radius 3 is 2.15 bits per heavy atom. The standard InChI is InChI=1S/C10H13FN2/c11-13-8-6-12(7-9-13)10-4-2-1-3-5-10/h1-5H,6-9H2. The van der Waals surface area contributed by atoms with Crippen LogP contribution in [0.25, 0.3) is 0 Å². The number of piperazine rings is 1. The van der Waals surface area contributed by atoms with Crippen molar-refractivity contribution in [3.8, 4) is 0 Å². The Balaban J connectivity index is 2.03. The van der Waals surface area contributed by atoms with Gasteiger partial charge in [-0.2, -0.15) is 0 Å². The molecule has 0 N–H and O–H groups in total. The molecule has 1 aliphatic heterocycles. The van der Waals surface area contributed by atoms with E-state index in [0.717, 1.165) is 18.2 Å². The minimum Gasteiger partial charge on any atom is -0.369 e. The van der Waals surface area contributed by atoms with Crippen molar-refractivity contribution in [3.63, 3.8) is 0 Å². The number of anilines is 1. The Morgan fingerprint density at radius 2 is 1.54 bits per heavy atom. The van der Waals surface area contributed by atoms with Crippen molar-refractivity contribution in [2.45, 2.75) is 0 Å². The van der Waals surface area contributed by atoms with E-state index in [2.05, 4.69) is 17.0 Å². The Hall–Kier alpha value is -1.09. The molecule has 2 rings (SSSR count). The van der Waals surface area contributed by atoms with Crippen LogP contribution >= 0.6 is 0 Å². The fraction of sp³-hybridized carbons (Fsp3) is 0.400. The second kappa shape index (κ2) is 3.75. The predicted octanol–water partition coefficient (Wildman–Crippen LogP) is 1.69. The first-order chi connectivity index (χ1) is 6.36. The summed E-state index contributed by atoms with van der Waals surface area (Å²) in [6, 6.07) is 10.1. The quantitative estimate of drug-likeness (QED) is 0.607. The number of benzene rings is 1. The third-order valence-corrected chi connectivity index (χ3v) is 2.35. The lowest BCUT2D eigenvalue weighted by atomic mass is 10.2. The molecule has 2 nitrogen and oxygen atoms in total.